The number of ether oxygens (including phenoxy) is 1. The third-order valence-electron chi connectivity index (χ3n) is 3.74. The van der Waals surface area contributed by atoms with Gasteiger partial charge in [0.05, 0.1) is 12.8 Å². The number of aldehydes is 1. The summed E-state index contributed by atoms with van der Waals surface area (Å²) in [5.41, 5.74) is 5.61. The van der Waals surface area contributed by atoms with Gasteiger partial charge in [-0.15, -0.1) is 0 Å². The zero-order valence-electron chi connectivity index (χ0n) is 12.4. The smallest absolute Gasteiger partial charge is 0.152 e. The molecule has 1 heterocycles. The average Bonchev–Trinajstić information content (AvgIpc) is 2.84. The van der Waals surface area contributed by atoms with Crippen LogP contribution >= 0.6 is 0 Å². The molecule has 0 aliphatic heterocycles. The summed E-state index contributed by atoms with van der Waals surface area (Å²) in [6.45, 7) is 4.05. The van der Waals surface area contributed by atoms with Crippen LogP contribution in [-0.4, -0.2) is 18.4 Å². The fourth-order valence-corrected chi connectivity index (χ4v) is 2.68. The molecule has 0 bridgehead atoms. The number of fused-ring (bicyclic) bond motifs is 1. The van der Waals surface area contributed by atoms with Gasteiger partial charge in [-0.1, -0.05) is 23.3 Å². The van der Waals surface area contributed by atoms with E-state index in [4.69, 9.17) is 4.74 Å². The average molecular weight is 279 g/mol. The lowest BCUT2D eigenvalue weighted by molar-refractivity contribution is 0.112. The molecular formula is C18H17NO2. The fourth-order valence-electron chi connectivity index (χ4n) is 2.68. The zero-order chi connectivity index (χ0) is 15.0. The van der Waals surface area contributed by atoms with Gasteiger partial charge in [-0.25, -0.2) is 0 Å². The Morgan fingerprint density at radius 3 is 2.48 bits per heavy atom. The van der Waals surface area contributed by atoms with Crippen molar-refractivity contribution in [1.29, 1.82) is 0 Å². The van der Waals surface area contributed by atoms with E-state index in [-0.39, 0.29) is 0 Å². The second-order valence-corrected chi connectivity index (χ2v) is 5.28. The molecule has 0 unspecified atom stereocenters. The molecule has 0 aliphatic rings. The molecule has 106 valence electrons. The van der Waals surface area contributed by atoms with Crippen molar-refractivity contribution < 1.29 is 9.53 Å². The molecule has 0 fully saturated rings. The van der Waals surface area contributed by atoms with Crippen LogP contribution in [0.5, 0.6) is 5.75 Å². The van der Waals surface area contributed by atoms with E-state index >= 15 is 0 Å². The van der Waals surface area contributed by atoms with E-state index in [9.17, 15) is 4.79 Å². The molecule has 21 heavy (non-hydrogen) atoms. The van der Waals surface area contributed by atoms with Crippen LogP contribution in [0, 0.1) is 13.8 Å². The number of aryl methyl sites for hydroxylation is 2. The van der Waals surface area contributed by atoms with Crippen molar-refractivity contribution in [2.24, 2.45) is 0 Å². The highest BCUT2D eigenvalue weighted by atomic mass is 16.5. The number of aromatic amines is 1. The maximum Gasteiger partial charge on any atom is 0.152 e. The van der Waals surface area contributed by atoms with Crippen molar-refractivity contribution in [3.8, 4) is 17.0 Å². The van der Waals surface area contributed by atoms with Crippen LogP contribution in [0.15, 0.2) is 36.4 Å². The maximum absolute atomic E-state index is 11.6. The van der Waals surface area contributed by atoms with Crippen LogP contribution in [0.4, 0.5) is 0 Å². The molecule has 0 radical (unpaired) electrons. The molecule has 0 aliphatic carbocycles. The van der Waals surface area contributed by atoms with Crippen LogP contribution < -0.4 is 4.74 Å². The minimum atomic E-state index is 0.678. The first-order valence-corrected chi connectivity index (χ1v) is 6.86. The quantitative estimate of drug-likeness (QED) is 0.727. The molecule has 0 spiro atoms. The first-order chi connectivity index (χ1) is 10.1. The molecule has 1 N–H and O–H groups in total. The van der Waals surface area contributed by atoms with Gasteiger partial charge in [0, 0.05) is 22.0 Å². The second-order valence-electron chi connectivity index (χ2n) is 5.28. The Labute approximate surface area is 123 Å². The second kappa shape index (κ2) is 5.09. The molecular weight excluding hydrogens is 262 g/mol. The zero-order valence-corrected chi connectivity index (χ0v) is 12.4. The van der Waals surface area contributed by atoms with Gasteiger partial charge in [-0.2, -0.15) is 0 Å². The molecule has 3 heteroatoms. The predicted octanol–water partition coefficient (Wildman–Crippen LogP) is 4.27. The Morgan fingerprint density at radius 2 is 1.76 bits per heavy atom. The summed E-state index contributed by atoms with van der Waals surface area (Å²) in [4.78, 5) is 15.0. The number of aromatic nitrogens is 1. The number of hydrogen-bond acceptors (Lipinski definition) is 2. The lowest BCUT2D eigenvalue weighted by Crippen LogP contribution is -1.91. The van der Waals surface area contributed by atoms with Crippen LogP contribution in [0.25, 0.3) is 22.2 Å². The number of methoxy groups -OCH3 is 1. The van der Waals surface area contributed by atoms with Crippen molar-refractivity contribution in [2.45, 2.75) is 13.8 Å². The first-order valence-electron chi connectivity index (χ1n) is 6.86. The van der Waals surface area contributed by atoms with Gasteiger partial charge < -0.3 is 9.72 Å². The Morgan fingerprint density at radius 1 is 1.05 bits per heavy atom. The van der Waals surface area contributed by atoms with Gasteiger partial charge in [0.25, 0.3) is 0 Å². The highest BCUT2D eigenvalue weighted by Gasteiger charge is 2.16. The standard InChI is InChI=1S/C18H17NO2/c1-11-4-6-16-13(8-11)15(10-20)18(19-16)14-9-12(2)5-7-17(14)21-3/h4-10,19H,1-3H3. The topological polar surface area (TPSA) is 42.1 Å². The monoisotopic (exact) mass is 279 g/mol. The summed E-state index contributed by atoms with van der Waals surface area (Å²) in [5, 5.41) is 0.948. The van der Waals surface area contributed by atoms with E-state index in [1.165, 1.54) is 0 Å². The molecule has 3 aromatic rings. The summed E-state index contributed by atoms with van der Waals surface area (Å²) in [6, 6.07) is 12.0. The molecule has 1 aromatic heterocycles. The molecule has 0 atom stereocenters. The predicted molar refractivity (Wildman–Crippen MR) is 85.1 cm³/mol. The molecule has 2 aromatic carbocycles. The van der Waals surface area contributed by atoms with Gasteiger partial charge in [0.15, 0.2) is 6.29 Å². The lowest BCUT2D eigenvalue weighted by atomic mass is 10.0. The minimum absolute atomic E-state index is 0.678. The fraction of sp³-hybridized carbons (Fsp3) is 0.167. The Bertz CT molecular complexity index is 831. The normalized spacial score (nSPS) is 10.8. The lowest BCUT2D eigenvalue weighted by Gasteiger charge is -2.08. The van der Waals surface area contributed by atoms with Crippen molar-refractivity contribution in [1.82, 2.24) is 4.98 Å². The summed E-state index contributed by atoms with van der Waals surface area (Å²) in [6.07, 6.45) is 0.912. The van der Waals surface area contributed by atoms with Gasteiger partial charge in [0.2, 0.25) is 0 Å². The summed E-state index contributed by atoms with van der Waals surface area (Å²) < 4.78 is 5.44. The molecule has 3 nitrogen and oxygen atoms in total. The Kier molecular flexibility index (Phi) is 3.26. The highest BCUT2D eigenvalue weighted by Crippen LogP contribution is 2.35. The van der Waals surface area contributed by atoms with Gasteiger partial charge in [-0.3, -0.25) is 4.79 Å². The Balaban J connectivity index is 2.35. The van der Waals surface area contributed by atoms with Gasteiger partial charge in [0.1, 0.15) is 5.75 Å². The van der Waals surface area contributed by atoms with E-state index in [0.29, 0.717) is 5.56 Å². The van der Waals surface area contributed by atoms with Crippen molar-refractivity contribution in [2.75, 3.05) is 7.11 Å². The number of rotatable bonds is 3. The SMILES string of the molecule is COc1ccc(C)cc1-c1[nH]c2ccc(C)cc2c1C=O. The van der Waals surface area contributed by atoms with Crippen molar-refractivity contribution >= 4 is 17.2 Å². The number of carbonyl (C=O) groups is 1. The van der Waals surface area contributed by atoms with Gasteiger partial charge >= 0.3 is 0 Å². The summed E-state index contributed by atoms with van der Waals surface area (Å²) >= 11 is 0. The molecule has 3 rings (SSSR count). The number of hydrogen-bond donors (Lipinski definition) is 1. The summed E-state index contributed by atoms with van der Waals surface area (Å²) in [5.74, 6) is 0.756. The van der Waals surface area contributed by atoms with E-state index in [1.807, 2.05) is 50.2 Å². The third-order valence-corrected chi connectivity index (χ3v) is 3.74. The number of carbonyl (C=O) groups excluding carboxylic acids is 1. The number of nitrogens with one attached hydrogen (secondary N) is 1. The van der Waals surface area contributed by atoms with Crippen LogP contribution in [-0.2, 0) is 0 Å². The molecule has 0 amide bonds. The first kappa shape index (κ1) is 13.4. The largest absolute Gasteiger partial charge is 0.496 e. The maximum atomic E-state index is 11.6. The minimum Gasteiger partial charge on any atom is -0.496 e. The Hall–Kier alpha value is -2.55. The number of benzene rings is 2. The van der Waals surface area contributed by atoms with E-state index in [1.54, 1.807) is 7.11 Å². The van der Waals surface area contributed by atoms with Crippen LogP contribution in [0.1, 0.15) is 21.5 Å². The summed E-state index contributed by atoms with van der Waals surface area (Å²) in [7, 11) is 1.64. The van der Waals surface area contributed by atoms with Crippen LogP contribution in [0.3, 0.4) is 0 Å². The van der Waals surface area contributed by atoms with Gasteiger partial charge in [-0.05, 0) is 38.1 Å². The third kappa shape index (κ3) is 2.21. The highest BCUT2D eigenvalue weighted by molar-refractivity contribution is 6.05. The van der Waals surface area contributed by atoms with Crippen LogP contribution in [0.2, 0.25) is 0 Å². The number of H-pyrrole nitrogens is 1. The van der Waals surface area contributed by atoms with E-state index in [0.717, 1.165) is 45.3 Å². The van der Waals surface area contributed by atoms with Crippen molar-refractivity contribution in [3.05, 3.63) is 53.1 Å². The van der Waals surface area contributed by atoms with E-state index < -0.39 is 0 Å². The molecule has 0 saturated carbocycles. The van der Waals surface area contributed by atoms with Crippen molar-refractivity contribution in [3.63, 3.8) is 0 Å². The van der Waals surface area contributed by atoms with E-state index in [2.05, 4.69) is 4.98 Å². The molecule has 0 saturated heterocycles.